The summed E-state index contributed by atoms with van der Waals surface area (Å²) < 4.78 is 1.91. The highest BCUT2D eigenvalue weighted by Crippen LogP contribution is 2.34. The zero-order chi connectivity index (χ0) is 16.4. The first-order chi connectivity index (χ1) is 11.1. The minimum absolute atomic E-state index is 0.00109. The number of hydrogen-bond donors (Lipinski definition) is 2. The maximum atomic E-state index is 12.6. The Bertz CT molecular complexity index is 557. The Balaban J connectivity index is 1.61. The third-order valence-corrected chi connectivity index (χ3v) is 5.48. The van der Waals surface area contributed by atoms with Gasteiger partial charge in [-0.25, -0.2) is 14.5 Å². The van der Waals surface area contributed by atoms with Gasteiger partial charge in [0, 0.05) is 26.2 Å². The van der Waals surface area contributed by atoms with Gasteiger partial charge in [0.1, 0.15) is 11.6 Å². The maximum Gasteiger partial charge on any atom is 0.317 e. The number of amides is 2. The van der Waals surface area contributed by atoms with Gasteiger partial charge in [0.2, 0.25) is 0 Å². The van der Waals surface area contributed by atoms with Crippen LogP contribution in [0.4, 0.5) is 4.79 Å². The second-order valence-electron chi connectivity index (χ2n) is 6.88. The summed E-state index contributed by atoms with van der Waals surface area (Å²) in [6, 6.07) is -0.0695. The molecule has 0 spiro atoms. The number of aliphatic hydroxyl groups excluding tert-OH is 1. The molecule has 0 aromatic carbocycles. The second-order valence-corrected chi connectivity index (χ2v) is 6.88. The average molecular weight is 321 g/mol. The molecule has 2 amide bonds. The predicted octanol–water partition coefficient (Wildman–Crippen LogP) is 1.62. The minimum atomic E-state index is -0.0480. The Labute approximate surface area is 137 Å². The number of hydrogen-bond acceptors (Lipinski definition) is 4. The lowest BCUT2D eigenvalue weighted by Gasteiger charge is -2.40. The van der Waals surface area contributed by atoms with E-state index < -0.39 is 0 Å². The molecule has 2 aliphatic rings. The highest BCUT2D eigenvalue weighted by atomic mass is 16.3. The smallest absolute Gasteiger partial charge is 0.317 e. The summed E-state index contributed by atoms with van der Waals surface area (Å²) in [5.74, 6) is 1.63. The zero-order valence-corrected chi connectivity index (χ0v) is 14.1. The number of piperidine rings is 1. The lowest BCUT2D eigenvalue weighted by atomic mass is 9.77. The molecule has 7 heteroatoms. The molecule has 1 aromatic rings. The van der Waals surface area contributed by atoms with Crippen LogP contribution in [0.15, 0.2) is 0 Å². The molecule has 2 aliphatic heterocycles. The zero-order valence-electron chi connectivity index (χ0n) is 14.1. The van der Waals surface area contributed by atoms with Gasteiger partial charge in [-0.15, -0.1) is 0 Å². The molecular weight excluding hydrogens is 294 g/mol. The van der Waals surface area contributed by atoms with Crippen LogP contribution < -0.4 is 5.32 Å². The molecule has 1 unspecified atom stereocenters. The van der Waals surface area contributed by atoms with Gasteiger partial charge in [-0.3, -0.25) is 0 Å². The maximum absolute atomic E-state index is 12.6. The van der Waals surface area contributed by atoms with Gasteiger partial charge < -0.3 is 15.3 Å². The van der Waals surface area contributed by atoms with Crippen molar-refractivity contribution < 1.29 is 9.90 Å². The van der Waals surface area contributed by atoms with Gasteiger partial charge in [0.05, 0.1) is 6.04 Å². The monoisotopic (exact) mass is 321 g/mol. The number of likely N-dealkylation sites (tertiary alicyclic amines) is 1. The largest absolute Gasteiger partial charge is 0.396 e. The normalized spacial score (nSPS) is 23.4. The van der Waals surface area contributed by atoms with E-state index in [1.807, 2.05) is 16.5 Å². The molecule has 1 aromatic heterocycles. The number of nitrogens with one attached hydrogen (secondary N) is 1. The molecule has 3 heterocycles. The molecule has 0 saturated carbocycles. The van der Waals surface area contributed by atoms with Crippen LogP contribution in [-0.2, 0) is 6.54 Å². The van der Waals surface area contributed by atoms with E-state index in [0.717, 1.165) is 50.3 Å². The molecular formula is C16H27N5O2. The summed E-state index contributed by atoms with van der Waals surface area (Å²) in [6.07, 6.45) is 4.61. The van der Waals surface area contributed by atoms with Crippen LogP contribution in [0.2, 0.25) is 0 Å². The van der Waals surface area contributed by atoms with Crippen molar-refractivity contribution in [3.8, 4) is 0 Å². The molecule has 0 radical (unpaired) electrons. The number of aryl methyl sites for hydroxylation is 2. The molecule has 0 aliphatic carbocycles. The topological polar surface area (TPSA) is 83.3 Å². The SMILES string of the molecule is CCC1(CO)CCN(C(=O)NC2CCCn3nc(C)nc32)CC1. The molecule has 1 saturated heterocycles. The van der Waals surface area contributed by atoms with Crippen molar-refractivity contribution in [2.24, 2.45) is 5.41 Å². The van der Waals surface area contributed by atoms with Crippen LogP contribution in [0, 0.1) is 12.3 Å². The lowest BCUT2D eigenvalue weighted by molar-refractivity contribution is 0.0512. The standard InChI is InChI=1S/C16H27N5O2/c1-3-16(11-22)6-9-20(10-7-16)15(23)18-13-5-4-8-21-14(13)17-12(2)19-21/h13,22H,3-11H2,1-2H3,(H,18,23). The van der Waals surface area contributed by atoms with Crippen LogP contribution in [0.5, 0.6) is 0 Å². The van der Waals surface area contributed by atoms with Crippen LogP contribution in [-0.4, -0.2) is 50.5 Å². The van der Waals surface area contributed by atoms with Crippen molar-refractivity contribution >= 4 is 6.03 Å². The number of rotatable bonds is 3. The number of carbonyl (C=O) groups excluding carboxylic acids is 1. The number of nitrogens with zero attached hydrogens (tertiary/aromatic N) is 4. The molecule has 128 valence electrons. The number of fused-ring (bicyclic) bond motifs is 1. The van der Waals surface area contributed by atoms with E-state index >= 15 is 0 Å². The van der Waals surface area contributed by atoms with Crippen LogP contribution >= 0.6 is 0 Å². The molecule has 1 fully saturated rings. The van der Waals surface area contributed by atoms with Crippen molar-refractivity contribution in [1.82, 2.24) is 25.0 Å². The molecule has 1 atom stereocenters. The predicted molar refractivity (Wildman–Crippen MR) is 85.9 cm³/mol. The summed E-state index contributed by atoms with van der Waals surface area (Å²) in [5.41, 5.74) is -0.00109. The Kier molecular flexibility index (Phi) is 4.57. The molecule has 23 heavy (non-hydrogen) atoms. The number of carbonyl (C=O) groups is 1. The van der Waals surface area contributed by atoms with Gasteiger partial charge in [-0.1, -0.05) is 6.92 Å². The van der Waals surface area contributed by atoms with Gasteiger partial charge in [-0.2, -0.15) is 5.10 Å². The fourth-order valence-electron chi connectivity index (χ4n) is 3.65. The molecule has 0 bridgehead atoms. The Morgan fingerprint density at radius 3 is 2.78 bits per heavy atom. The third-order valence-electron chi connectivity index (χ3n) is 5.48. The highest BCUT2D eigenvalue weighted by molar-refractivity contribution is 5.74. The van der Waals surface area contributed by atoms with E-state index in [4.69, 9.17) is 0 Å². The summed E-state index contributed by atoms with van der Waals surface area (Å²) in [7, 11) is 0. The van der Waals surface area contributed by atoms with Gasteiger partial charge in [-0.05, 0) is 44.4 Å². The Morgan fingerprint density at radius 1 is 1.39 bits per heavy atom. The number of aromatic nitrogens is 3. The average Bonchev–Trinajstić information content (AvgIpc) is 2.96. The summed E-state index contributed by atoms with van der Waals surface area (Å²) in [6.45, 7) is 6.50. The van der Waals surface area contributed by atoms with Crippen molar-refractivity contribution in [1.29, 1.82) is 0 Å². The van der Waals surface area contributed by atoms with Crippen molar-refractivity contribution in [3.63, 3.8) is 0 Å². The van der Waals surface area contributed by atoms with E-state index in [2.05, 4.69) is 22.3 Å². The molecule has 7 nitrogen and oxygen atoms in total. The van der Waals surface area contributed by atoms with E-state index in [1.165, 1.54) is 0 Å². The Morgan fingerprint density at radius 2 is 2.13 bits per heavy atom. The van der Waals surface area contributed by atoms with Crippen LogP contribution in [0.25, 0.3) is 0 Å². The fraction of sp³-hybridized carbons (Fsp3) is 0.812. The van der Waals surface area contributed by atoms with Crippen molar-refractivity contribution in [2.75, 3.05) is 19.7 Å². The third kappa shape index (κ3) is 3.20. The van der Waals surface area contributed by atoms with E-state index in [-0.39, 0.29) is 24.1 Å². The summed E-state index contributed by atoms with van der Waals surface area (Å²) in [4.78, 5) is 18.9. The minimum Gasteiger partial charge on any atom is -0.396 e. The van der Waals surface area contributed by atoms with Crippen LogP contribution in [0.1, 0.15) is 56.7 Å². The van der Waals surface area contributed by atoms with E-state index in [0.29, 0.717) is 13.1 Å². The fourth-order valence-corrected chi connectivity index (χ4v) is 3.65. The highest BCUT2D eigenvalue weighted by Gasteiger charge is 2.35. The quantitative estimate of drug-likeness (QED) is 0.886. The Hall–Kier alpha value is -1.63. The second kappa shape index (κ2) is 6.47. The van der Waals surface area contributed by atoms with Gasteiger partial charge >= 0.3 is 6.03 Å². The first-order valence-corrected chi connectivity index (χ1v) is 8.64. The first kappa shape index (κ1) is 16.2. The van der Waals surface area contributed by atoms with Crippen molar-refractivity contribution in [3.05, 3.63) is 11.6 Å². The van der Waals surface area contributed by atoms with Gasteiger partial charge in [0.15, 0.2) is 0 Å². The van der Waals surface area contributed by atoms with Crippen molar-refractivity contribution in [2.45, 2.75) is 58.5 Å². The molecule has 3 rings (SSSR count). The lowest BCUT2D eigenvalue weighted by Crippen LogP contribution is -2.49. The van der Waals surface area contributed by atoms with E-state index in [1.54, 1.807) is 0 Å². The first-order valence-electron chi connectivity index (χ1n) is 8.64. The molecule has 2 N–H and O–H groups in total. The van der Waals surface area contributed by atoms with E-state index in [9.17, 15) is 9.90 Å². The summed E-state index contributed by atoms with van der Waals surface area (Å²) in [5, 5.41) is 17.1. The number of urea groups is 1. The van der Waals surface area contributed by atoms with Gasteiger partial charge in [0.25, 0.3) is 0 Å². The van der Waals surface area contributed by atoms with Crippen LogP contribution in [0.3, 0.4) is 0 Å². The number of aliphatic hydroxyl groups is 1. The summed E-state index contributed by atoms with van der Waals surface area (Å²) >= 11 is 0.